The third kappa shape index (κ3) is 3.28. The molecule has 0 amide bonds. The molecule has 0 atom stereocenters. The van der Waals surface area contributed by atoms with Crippen molar-refractivity contribution in [2.45, 2.75) is 50.1 Å². The van der Waals surface area contributed by atoms with Crippen LogP contribution < -0.4 is 0 Å². The van der Waals surface area contributed by atoms with Gasteiger partial charge in [0, 0.05) is 0 Å². The maximum atomic E-state index is 6.37. The molecule has 0 aromatic carbocycles. The standard InChI is InChI=1S/2C4H9.Al.ClH/c2*1-4(2)3;;/h2*1-3H3;;1H/q;;+1;/p-1. The van der Waals surface area contributed by atoms with Gasteiger partial charge in [0.2, 0.25) is 0 Å². The molecule has 0 radical (unpaired) electrons. The first-order chi connectivity index (χ1) is 4.15. The molecular weight excluding hydrogens is 159 g/mol. The van der Waals surface area contributed by atoms with Crippen LogP contribution in [0.2, 0.25) is 8.55 Å². The molecule has 60 valence electrons. The lowest BCUT2D eigenvalue weighted by Crippen LogP contribution is -2.29. The van der Waals surface area contributed by atoms with Crippen molar-refractivity contribution in [3.63, 3.8) is 0 Å². The van der Waals surface area contributed by atoms with Gasteiger partial charge >= 0.3 is 13.2 Å². The molecule has 2 heteroatoms. The van der Waals surface area contributed by atoms with Crippen LogP contribution >= 0.6 is 10.0 Å². The quantitative estimate of drug-likeness (QED) is 0.493. The van der Waals surface area contributed by atoms with Crippen LogP contribution in [0.4, 0.5) is 0 Å². The van der Waals surface area contributed by atoms with Gasteiger partial charge in [-0.3, -0.25) is 10.0 Å². The van der Waals surface area contributed by atoms with Crippen molar-refractivity contribution in [2.24, 2.45) is 0 Å². The minimum absolute atomic E-state index is 0.347. The van der Waals surface area contributed by atoms with Gasteiger partial charge in [-0.05, 0) is 0 Å². The van der Waals surface area contributed by atoms with Gasteiger partial charge in [-0.25, -0.2) is 0 Å². The molecule has 0 saturated heterocycles. The van der Waals surface area contributed by atoms with Gasteiger partial charge in [0.15, 0.2) is 0 Å². The van der Waals surface area contributed by atoms with E-state index in [4.69, 9.17) is 10.0 Å². The third-order valence-electron chi connectivity index (χ3n) is 1.52. The highest BCUT2D eigenvalue weighted by atomic mass is 35.6. The second kappa shape index (κ2) is 3.05. The summed E-state index contributed by atoms with van der Waals surface area (Å²) >= 11 is -1.11. The van der Waals surface area contributed by atoms with Crippen LogP contribution in [0.25, 0.3) is 0 Å². The molecule has 0 aliphatic heterocycles. The fourth-order valence-corrected chi connectivity index (χ4v) is 3.90. The Morgan fingerprint density at radius 3 is 1.00 bits per heavy atom. The van der Waals surface area contributed by atoms with Crippen molar-refractivity contribution in [3.05, 3.63) is 0 Å². The molecule has 0 unspecified atom stereocenters. The number of hydrogen-bond acceptors (Lipinski definition) is 0. The first kappa shape index (κ1) is 10.8. The molecule has 0 bridgehead atoms. The molecule has 0 rings (SSSR count). The molecule has 0 aliphatic rings. The highest BCUT2D eigenvalue weighted by Crippen LogP contribution is 2.43. The monoisotopic (exact) mass is 176 g/mol. The van der Waals surface area contributed by atoms with Crippen LogP contribution in [0.3, 0.4) is 0 Å². The topological polar surface area (TPSA) is 0 Å². The molecule has 0 aromatic heterocycles. The van der Waals surface area contributed by atoms with Crippen molar-refractivity contribution < 1.29 is 0 Å². The number of halogens is 1. The fourth-order valence-electron chi connectivity index (χ4n) is 1.30. The minimum atomic E-state index is -1.11. The molecule has 0 aliphatic carbocycles. The van der Waals surface area contributed by atoms with Crippen molar-refractivity contribution in [1.29, 1.82) is 0 Å². The SMILES string of the molecule is C[C](C)(C)[Al]([Cl])[C](C)(C)C. The van der Waals surface area contributed by atoms with Gasteiger partial charge in [-0.2, -0.15) is 0 Å². The lowest BCUT2D eigenvalue weighted by Gasteiger charge is -2.30. The van der Waals surface area contributed by atoms with Gasteiger partial charge in [0.1, 0.15) is 0 Å². The van der Waals surface area contributed by atoms with E-state index in [1.54, 1.807) is 0 Å². The summed E-state index contributed by atoms with van der Waals surface area (Å²) in [6.07, 6.45) is 0. The van der Waals surface area contributed by atoms with Crippen LogP contribution in [-0.2, 0) is 0 Å². The van der Waals surface area contributed by atoms with Gasteiger partial charge in [0.25, 0.3) is 0 Å². The van der Waals surface area contributed by atoms with Crippen LogP contribution in [0.5, 0.6) is 0 Å². The summed E-state index contributed by atoms with van der Waals surface area (Å²) in [5.74, 6) is 0. The molecule has 0 N–H and O–H groups in total. The first-order valence-electron chi connectivity index (χ1n) is 3.80. The van der Waals surface area contributed by atoms with Crippen LogP contribution in [0, 0.1) is 0 Å². The normalized spacial score (nSPS) is 13.5. The summed E-state index contributed by atoms with van der Waals surface area (Å²) in [7, 11) is 6.37. The van der Waals surface area contributed by atoms with E-state index in [2.05, 4.69) is 41.5 Å². The number of rotatable bonds is 0. The second-order valence-electron chi connectivity index (χ2n) is 5.09. The predicted molar refractivity (Wildman–Crippen MR) is 51.0 cm³/mol. The third-order valence-corrected chi connectivity index (χ3v) is 8.49. The Balaban J connectivity index is 4.23. The number of hydrogen-bond donors (Lipinski definition) is 0. The van der Waals surface area contributed by atoms with Crippen molar-refractivity contribution in [1.82, 2.24) is 0 Å². The molecule has 0 saturated carbocycles. The molecule has 0 fully saturated rings. The highest BCUT2D eigenvalue weighted by molar-refractivity contribution is 7.10. The van der Waals surface area contributed by atoms with Crippen molar-refractivity contribution in [2.75, 3.05) is 0 Å². The van der Waals surface area contributed by atoms with E-state index in [1.165, 1.54) is 0 Å². The van der Waals surface area contributed by atoms with Crippen molar-refractivity contribution in [3.8, 4) is 0 Å². The lowest BCUT2D eigenvalue weighted by atomic mass is 10.2. The zero-order valence-electron chi connectivity index (χ0n) is 7.96. The Hall–Kier alpha value is 0.822. The summed E-state index contributed by atoms with van der Waals surface area (Å²) in [6.45, 7) is 13.4. The molecule has 0 nitrogen and oxygen atoms in total. The maximum Gasteiger partial charge on any atom is 0.410 e. The summed E-state index contributed by atoms with van der Waals surface area (Å²) < 4.78 is 0.694. The van der Waals surface area contributed by atoms with Crippen LogP contribution in [0.15, 0.2) is 0 Å². The van der Waals surface area contributed by atoms with E-state index < -0.39 is 13.2 Å². The van der Waals surface area contributed by atoms with Crippen LogP contribution in [-0.4, -0.2) is 13.2 Å². The van der Waals surface area contributed by atoms with E-state index >= 15 is 0 Å². The Morgan fingerprint density at radius 1 is 0.800 bits per heavy atom. The molecule has 0 aromatic rings. The zero-order chi connectivity index (χ0) is 8.58. The lowest BCUT2D eigenvalue weighted by molar-refractivity contribution is 0.660. The van der Waals surface area contributed by atoms with Gasteiger partial charge in [-0.1, -0.05) is 50.1 Å². The molecule has 0 spiro atoms. The molecule has 0 heterocycles. The Kier molecular flexibility index (Phi) is 3.31. The van der Waals surface area contributed by atoms with E-state index in [9.17, 15) is 0 Å². The second-order valence-corrected chi connectivity index (χ2v) is 10.6. The van der Waals surface area contributed by atoms with Gasteiger partial charge in [0.05, 0.1) is 0 Å². The average Bonchev–Trinajstić information content (AvgIpc) is 1.59. The molecular formula is C8H18AlCl. The first-order valence-corrected chi connectivity index (χ1v) is 6.70. The van der Waals surface area contributed by atoms with E-state index in [1.807, 2.05) is 0 Å². The summed E-state index contributed by atoms with van der Waals surface area (Å²) in [6, 6.07) is 0. The minimum Gasteiger partial charge on any atom is -0.260 e. The zero-order valence-corrected chi connectivity index (χ0v) is 9.87. The van der Waals surface area contributed by atoms with E-state index in [-0.39, 0.29) is 0 Å². The summed E-state index contributed by atoms with van der Waals surface area (Å²) in [4.78, 5) is 0. The smallest absolute Gasteiger partial charge is 0.260 e. The predicted octanol–water partition coefficient (Wildman–Crippen LogP) is 3.82. The average molecular weight is 177 g/mol. The largest absolute Gasteiger partial charge is 0.410 e. The van der Waals surface area contributed by atoms with E-state index in [0.717, 1.165) is 0 Å². The Bertz CT molecular complexity index is 93.4. The fraction of sp³-hybridized carbons (Fsp3) is 1.00. The van der Waals surface area contributed by atoms with Gasteiger partial charge < -0.3 is 0 Å². The maximum absolute atomic E-state index is 6.37. The van der Waals surface area contributed by atoms with Crippen molar-refractivity contribution >= 4 is 23.3 Å². The van der Waals surface area contributed by atoms with E-state index in [0.29, 0.717) is 8.55 Å². The van der Waals surface area contributed by atoms with Gasteiger partial charge in [-0.15, -0.1) is 0 Å². The highest BCUT2D eigenvalue weighted by Gasteiger charge is 2.40. The summed E-state index contributed by atoms with van der Waals surface area (Å²) in [5, 5.41) is 0. The Labute approximate surface area is 73.6 Å². The molecule has 10 heavy (non-hydrogen) atoms. The summed E-state index contributed by atoms with van der Waals surface area (Å²) in [5.41, 5.74) is 0. The van der Waals surface area contributed by atoms with Crippen LogP contribution in [0.1, 0.15) is 41.5 Å². The Morgan fingerprint density at radius 2 is 1.00 bits per heavy atom.